The van der Waals surface area contributed by atoms with Gasteiger partial charge in [0.2, 0.25) is 0 Å². The zero-order chi connectivity index (χ0) is 20.4. The predicted octanol–water partition coefficient (Wildman–Crippen LogP) is 4.98. The third kappa shape index (κ3) is 3.84. The standard InChI is InChI=1S/C18H12ClN3O6/c1-10-2-5-13(15(8-10)22(26)27)20-18(23)17-7-6-16(28-17)11-3-4-12(19)14(9-11)21(24)25/h2-9H,1H3,(H,20,23). The highest BCUT2D eigenvalue weighted by Gasteiger charge is 2.20. The highest BCUT2D eigenvalue weighted by Crippen LogP contribution is 2.32. The Hall–Kier alpha value is -3.72. The Bertz CT molecular complexity index is 1110. The number of anilines is 1. The highest BCUT2D eigenvalue weighted by molar-refractivity contribution is 6.32. The number of rotatable bonds is 5. The number of carbonyl (C=O) groups is 1. The van der Waals surface area contributed by atoms with Gasteiger partial charge in [-0.15, -0.1) is 0 Å². The molecule has 0 fully saturated rings. The lowest BCUT2D eigenvalue weighted by molar-refractivity contribution is -0.384. The Balaban J connectivity index is 1.87. The number of aryl methyl sites for hydroxylation is 1. The smallest absolute Gasteiger partial charge is 0.293 e. The van der Waals surface area contributed by atoms with Crippen LogP contribution >= 0.6 is 11.6 Å². The van der Waals surface area contributed by atoms with Crippen molar-refractivity contribution >= 4 is 34.6 Å². The van der Waals surface area contributed by atoms with Crippen LogP contribution in [-0.2, 0) is 0 Å². The molecule has 142 valence electrons. The van der Waals surface area contributed by atoms with E-state index >= 15 is 0 Å². The van der Waals surface area contributed by atoms with Crippen LogP contribution < -0.4 is 5.32 Å². The lowest BCUT2D eigenvalue weighted by Crippen LogP contribution is -2.12. The number of hydrogen-bond donors (Lipinski definition) is 1. The molecule has 2 aromatic carbocycles. The van der Waals surface area contributed by atoms with Crippen molar-refractivity contribution in [3.05, 3.63) is 85.1 Å². The highest BCUT2D eigenvalue weighted by atomic mass is 35.5. The first-order chi connectivity index (χ1) is 13.3. The van der Waals surface area contributed by atoms with Gasteiger partial charge in [-0.25, -0.2) is 0 Å². The summed E-state index contributed by atoms with van der Waals surface area (Å²) in [7, 11) is 0. The van der Waals surface area contributed by atoms with Crippen LogP contribution in [0.5, 0.6) is 0 Å². The Labute approximate surface area is 162 Å². The van der Waals surface area contributed by atoms with Gasteiger partial charge in [-0.05, 0) is 42.8 Å². The van der Waals surface area contributed by atoms with E-state index in [1.165, 1.54) is 42.5 Å². The molecule has 10 heteroatoms. The zero-order valence-electron chi connectivity index (χ0n) is 14.3. The third-order valence-corrected chi connectivity index (χ3v) is 4.17. The molecular weight excluding hydrogens is 390 g/mol. The summed E-state index contributed by atoms with van der Waals surface area (Å²) in [5, 5.41) is 24.6. The molecule has 0 aliphatic heterocycles. The van der Waals surface area contributed by atoms with E-state index in [-0.39, 0.29) is 33.6 Å². The second-order valence-electron chi connectivity index (χ2n) is 5.82. The molecule has 1 amide bonds. The summed E-state index contributed by atoms with van der Waals surface area (Å²) >= 11 is 5.78. The van der Waals surface area contributed by atoms with Crippen LogP contribution in [0.25, 0.3) is 11.3 Å². The molecule has 0 saturated carbocycles. The van der Waals surface area contributed by atoms with Gasteiger partial charge in [-0.3, -0.25) is 25.0 Å². The minimum atomic E-state index is -0.693. The lowest BCUT2D eigenvalue weighted by atomic mass is 10.1. The summed E-state index contributed by atoms with van der Waals surface area (Å²) in [5.41, 5.74) is 0.525. The summed E-state index contributed by atoms with van der Waals surface area (Å²) in [6, 6.07) is 11.3. The fraction of sp³-hybridized carbons (Fsp3) is 0.0556. The van der Waals surface area contributed by atoms with Gasteiger partial charge in [0.05, 0.1) is 9.85 Å². The van der Waals surface area contributed by atoms with Gasteiger partial charge in [-0.2, -0.15) is 0 Å². The van der Waals surface area contributed by atoms with E-state index in [1.807, 2.05) is 0 Å². The van der Waals surface area contributed by atoms with Gasteiger partial charge < -0.3 is 9.73 Å². The normalized spacial score (nSPS) is 10.5. The second-order valence-corrected chi connectivity index (χ2v) is 6.23. The monoisotopic (exact) mass is 401 g/mol. The number of nitro benzene ring substituents is 2. The van der Waals surface area contributed by atoms with Gasteiger partial charge >= 0.3 is 0 Å². The van der Waals surface area contributed by atoms with E-state index in [0.29, 0.717) is 11.1 Å². The zero-order valence-corrected chi connectivity index (χ0v) is 15.1. The number of carbonyl (C=O) groups excluding carboxylic acids is 1. The van der Waals surface area contributed by atoms with E-state index in [1.54, 1.807) is 13.0 Å². The first kappa shape index (κ1) is 19.1. The minimum absolute atomic E-state index is 0.0232. The van der Waals surface area contributed by atoms with E-state index in [9.17, 15) is 25.0 Å². The molecule has 0 unspecified atom stereocenters. The Morgan fingerprint density at radius 1 is 1.00 bits per heavy atom. The molecule has 0 aliphatic carbocycles. The Morgan fingerprint density at radius 3 is 2.39 bits per heavy atom. The van der Waals surface area contributed by atoms with Gasteiger partial charge in [0.15, 0.2) is 5.76 Å². The minimum Gasteiger partial charge on any atom is -0.451 e. The van der Waals surface area contributed by atoms with Crippen LogP contribution in [-0.4, -0.2) is 15.8 Å². The van der Waals surface area contributed by atoms with Crippen LogP contribution in [0, 0.1) is 27.2 Å². The lowest BCUT2D eigenvalue weighted by Gasteiger charge is -2.05. The molecule has 28 heavy (non-hydrogen) atoms. The van der Waals surface area contributed by atoms with E-state index in [0.717, 1.165) is 0 Å². The number of benzene rings is 2. The number of amides is 1. The van der Waals surface area contributed by atoms with E-state index in [2.05, 4.69) is 5.32 Å². The van der Waals surface area contributed by atoms with Crippen LogP contribution in [0.15, 0.2) is 52.9 Å². The quantitative estimate of drug-likeness (QED) is 0.474. The summed E-state index contributed by atoms with van der Waals surface area (Å²) < 4.78 is 5.45. The van der Waals surface area contributed by atoms with Gasteiger partial charge in [0.1, 0.15) is 16.5 Å². The van der Waals surface area contributed by atoms with Crippen LogP contribution in [0.4, 0.5) is 17.1 Å². The molecule has 3 aromatic rings. The van der Waals surface area contributed by atoms with Crippen LogP contribution in [0.1, 0.15) is 16.1 Å². The summed E-state index contributed by atoms with van der Waals surface area (Å²) in [4.78, 5) is 33.3. The molecule has 9 nitrogen and oxygen atoms in total. The molecule has 1 heterocycles. The average molecular weight is 402 g/mol. The summed E-state index contributed by atoms with van der Waals surface area (Å²) in [6.45, 7) is 1.70. The van der Waals surface area contributed by atoms with Crippen molar-refractivity contribution in [1.82, 2.24) is 0 Å². The number of halogens is 1. The van der Waals surface area contributed by atoms with Gasteiger partial charge in [0.25, 0.3) is 17.3 Å². The molecule has 1 aromatic heterocycles. The number of nitrogens with zero attached hydrogens (tertiary/aromatic N) is 2. The van der Waals surface area contributed by atoms with Crippen molar-refractivity contribution in [3.8, 4) is 11.3 Å². The number of nitrogens with one attached hydrogen (secondary N) is 1. The van der Waals surface area contributed by atoms with Crippen molar-refractivity contribution in [3.63, 3.8) is 0 Å². The third-order valence-electron chi connectivity index (χ3n) is 3.86. The summed E-state index contributed by atoms with van der Waals surface area (Å²) in [6.07, 6.45) is 0. The maximum Gasteiger partial charge on any atom is 0.293 e. The number of hydrogen-bond acceptors (Lipinski definition) is 6. The maximum atomic E-state index is 12.4. The predicted molar refractivity (Wildman–Crippen MR) is 102 cm³/mol. The molecular formula is C18H12ClN3O6. The van der Waals surface area contributed by atoms with Gasteiger partial charge in [-0.1, -0.05) is 17.7 Å². The maximum absolute atomic E-state index is 12.4. The SMILES string of the molecule is Cc1ccc(NC(=O)c2ccc(-c3ccc(Cl)c([N+](=O)[O-])c3)o2)c([N+](=O)[O-])c1. The topological polar surface area (TPSA) is 129 Å². The Kier molecular flexibility index (Phi) is 5.10. The largest absolute Gasteiger partial charge is 0.451 e. The van der Waals surface area contributed by atoms with E-state index < -0.39 is 15.8 Å². The first-order valence-corrected chi connectivity index (χ1v) is 8.24. The number of furan rings is 1. The molecule has 0 saturated heterocycles. The first-order valence-electron chi connectivity index (χ1n) is 7.87. The van der Waals surface area contributed by atoms with Gasteiger partial charge in [0, 0.05) is 17.7 Å². The van der Waals surface area contributed by atoms with Crippen molar-refractivity contribution < 1.29 is 19.1 Å². The Morgan fingerprint density at radius 2 is 1.71 bits per heavy atom. The molecule has 1 N–H and O–H groups in total. The molecule has 0 radical (unpaired) electrons. The van der Waals surface area contributed by atoms with Crippen molar-refractivity contribution in [2.24, 2.45) is 0 Å². The second kappa shape index (κ2) is 7.49. The van der Waals surface area contributed by atoms with Crippen molar-refractivity contribution in [1.29, 1.82) is 0 Å². The average Bonchev–Trinajstić information content (AvgIpc) is 3.13. The summed E-state index contributed by atoms with van der Waals surface area (Å²) in [5.74, 6) is -0.590. The fourth-order valence-electron chi connectivity index (χ4n) is 2.50. The van der Waals surface area contributed by atoms with Crippen LogP contribution in [0.3, 0.4) is 0 Å². The van der Waals surface area contributed by atoms with E-state index in [4.69, 9.17) is 16.0 Å². The molecule has 0 bridgehead atoms. The fourth-order valence-corrected chi connectivity index (χ4v) is 2.69. The van der Waals surface area contributed by atoms with Crippen LogP contribution in [0.2, 0.25) is 5.02 Å². The molecule has 0 aliphatic rings. The van der Waals surface area contributed by atoms with Crippen molar-refractivity contribution in [2.45, 2.75) is 6.92 Å². The van der Waals surface area contributed by atoms with Crippen molar-refractivity contribution in [2.75, 3.05) is 5.32 Å². The number of nitro groups is 2. The molecule has 0 atom stereocenters. The molecule has 0 spiro atoms. The molecule has 3 rings (SSSR count).